The molecule has 6 nitrogen and oxygen atoms in total. The van der Waals surface area contributed by atoms with Gasteiger partial charge in [-0.05, 0) is 38.1 Å². The summed E-state index contributed by atoms with van der Waals surface area (Å²) in [4.78, 5) is 14.6. The van der Waals surface area contributed by atoms with E-state index in [1.54, 1.807) is 12.1 Å². The first kappa shape index (κ1) is 22.4. The Balaban J connectivity index is 2.59. The van der Waals surface area contributed by atoms with Crippen LogP contribution in [0.15, 0.2) is 12.1 Å². The number of unbranched alkanes of at least 4 members (excludes halogenated alkanes) is 2. The Labute approximate surface area is 161 Å². The van der Waals surface area contributed by atoms with Gasteiger partial charge in [0.15, 0.2) is 11.5 Å². The lowest BCUT2D eigenvalue weighted by Crippen LogP contribution is -2.29. The summed E-state index contributed by atoms with van der Waals surface area (Å²) in [5, 5.41) is 0. The summed E-state index contributed by atoms with van der Waals surface area (Å²) in [5.41, 5.74) is 0.365. The lowest BCUT2D eigenvalue weighted by Gasteiger charge is -2.20. The number of hydrogen-bond donors (Lipinski definition) is 0. The van der Waals surface area contributed by atoms with Crippen molar-refractivity contribution >= 4 is 17.6 Å². The molecule has 1 rings (SSSR count). The van der Waals surface area contributed by atoms with Gasteiger partial charge >= 0.3 is 5.97 Å². The molecule has 0 unspecified atom stereocenters. The van der Waals surface area contributed by atoms with Crippen molar-refractivity contribution in [1.29, 1.82) is 0 Å². The van der Waals surface area contributed by atoms with Gasteiger partial charge in [-0.1, -0.05) is 13.3 Å². The zero-order valence-corrected chi connectivity index (χ0v) is 16.9. The van der Waals surface area contributed by atoms with E-state index in [-0.39, 0.29) is 0 Å². The fourth-order valence-electron chi connectivity index (χ4n) is 2.58. The zero-order chi connectivity index (χ0) is 19.4. The van der Waals surface area contributed by atoms with Crippen LogP contribution < -0.4 is 14.2 Å². The van der Waals surface area contributed by atoms with E-state index in [1.165, 1.54) is 21.3 Å². The number of esters is 1. The quantitative estimate of drug-likeness (QED) is 0.293. The molecule has 0 N–H and O–H groups in total. The number of carbonyl (C=O) groups excluding carboxylic acids is 1. The highest BCUT2D eigenvalue weighted by molar-refractivity contribution is 6.17. The lowest BCUT2D eigenvalue weighted by molar-refractivity contribution is 0.0462. The molecule has 0 radical (unpaired) electrons. The van der Waals surface area contributed by atoms with Crippen LogP contribution in [0.3, 0.4) is 0 Å². The maximum Gasteiger partial charge on any atom is 0.338 e. The second kappa shape index (κ2) is 12.7. The molecule has 0 amide bonds. The van der Waals surface area contributed by atoms with Crippen LogP contribution in [0.2, 0.25) is 0 Å². The molecule has 0 atom stereocenters. The average Bonchev–Trinajstić information content (AvgIpc) is 2.68. The van der Waals surface area contributed by atoms with Crippen LogP contribution in [-0.2, 0) is 4.74 Å². The molecule has 0 aliphatic carbocycles. The van der Waals surface area contributed by atoms with Gasteiger partial charge in [-0.25, -0.2) is 4.79 Å². The van der Waals surface area contributed by atoms with Gasteiger partial charge in [0.1, 0.15) is 6.61 Å². The largest absolute Gasteiger partial charge is 0.493 e. The van der Waals surface area contributed by atoms with Crippen molar-refractivity contribution in [2.24, 2.45) is 0 Å². The van der Waals surface area contributed by atoms with Crippen molar-refractivity contribution in [2.45, 2.75) is 26.2 Å². The number of hydrogen-bond acceptors (Lipinski definition) is 6. The lowest BCUT2D eigenvalue weighted by atomic mass is 10.2. The second-order valence-electron chi connectivity index (χ2n) is 5.73. The summed E-state index contributed by atoms with van der Waals surface area (Å²) in [6, 6.07) is 3.18. The zero-order valence-electron chi connectivity index (χ0n) is 16.2. The summed E-state index contributed by atoms with van der Waals surface area (Å²) < 4.78 is 21.2. The molecule has 0 aliphatic heterocycles. The summed E-state index contributed by atoms with van der Waals surface area (Å²) >= 11 is 5.69. The summed E-state index contributed by atoms with van der Waals surface area (Å²) in [6.07, 6.45) is 3.25. The van der Waals surface area contributed by atoms with Crippen LogP contribution in [0, 0.1) is 0 Å². The van der Waals surface area contributed by atoms with E-state index < -0.39 is 5.97 Å². The van der Waals surface area contributed by atoms with Crippen molar-refractivity contribution < 1.29 is 23.7 Å². The minimum absolute atomic E-state index is 0.332. The highest BCUT2D eigenvalue weighted by Crippen LogP contribution is 2.38. The molecule has 1 aromatic rings. The van der Waals surface area contributed by atoms with Gasteiger partial charge in [-0.2, -0.15) is 0 Å². The number of halogens is 1. The van der Waals surface area contributed by atoms with Crippen molar-refractivity contribution in [2.75, 3.05) is 53.5 Å². The van der Waals surface area contributed by atoms with E-state index in [2.05, 4.69) is 11.8 Å². The van der Waals surface area contributed by atoms with Crippen molar-refractivity contribution in [3.05, 3.63) is 17.7 Å². The Morgan fingerprint density at radius 3 is 2.15 bits per heavy atom. The minimum Gasteiger partial charge on any atom is -0.493 e. The maximum atomic E-state index is 12.3. The SMILES string of the molecule is CCN(CCCCCCl)CCOC(=O)c1cc(OC)c(OC)c(OC)c1. The van der Waals surface area contributed by atoms with E-state index in [4.69, 9.17) is 30.5 Å². The Bertz CT molecular complexity index is 528. The Morgan fingerprint density at radius 1 is 1.00 bits per heavy atom. The maximum absolute atomic E-state index is 12.3. The van der Waals surface area contributed by atoms with Crippen molar-refractivity contribution in [1.82, 2.24) is 4.90 Å². The van der Waals surface area contributed by atoms with Crippen LogP contribution in [0.5, 0.6) is 17.2 Å². The fourth-order valence-corrected chi connectivity index (χ4v) is 2.77. The molecule has 0 saturated carbocycles. The average molecular weight is 388 g/mol. The first-order chi connectivity index (χ1) is 12.6. The van der Waals surface area contributed by atoms with Crippen LogP contribution >= 0.6 is 11.6 Å². The van der Waals surface area contributed by atoms with Crippen LogP contribution in [0.4, 0.5) is 0 Å². The standard InChI is InChI=1S/C19H30ClNO5/c1-5-21(10-8-6-7-9-20)11-12-26-19(22)15-13-16(23-2)18(25-4)17(14-15)24-3/h13-14H,5-12H2,1-4H3. The number of methoxy groups -OCH3 is 3. The molecule has 26 heavy (non-hydrogen) atoms. The van der Waals surface area contributed by atoms with Gasteiger partial charge in [-0.15, -0.1) is 11.6 Å². The van der Waals surface area contributed by atoms with Crippen LogP contribution in [0.1, 0.15) is 36.5 Å². The monoisotopic (exact) mass is 387 g/mol. The van der Waals surface area contributed by atoms with Gasteiger partial charge < -0.3 is 23.8 Å². The molecule has 0 saturated heterocycles. The second-order valence-corrected chi connectivity index (χ2v) is 6.11. The van der Waals surface area contributed by atoms with Crippen molar-refractivity contribution in [3.63, 3.8) is 0 Å². The number of rotatable bonds is 13. The molecule has 0 fully saturated rings. The molecular formula is C19H30ClNO5. The Morgan fingerprint density at radius 2 is 1.65 bits per heavy atom. The van der Waals surface area contributed by atoms with Gasteiger partial charge in [-0.3, -0.25) is 0 Å². The molecule has 7 heteroatoms. The number of ether oxygens (including phenoxy) is 4. The van der Waals surface area contributed by atoms with Crippen LogP contribution in [0.25, 0.3) is 0 Å². The molecule has 0 aliphatic rings. The summed E-state index contributed by atoms with van der Waals surface area (Å²) in [6.45, 7) is 5.03. The topological polar surface area (TPSA) is 57.2 Å². The van der Waals surface area contributed by atoms with E-state index in [1.807, 2.05) is 0 Å². The number of benzene rings is 1. The predicted octanol–water partition coefficient (Wildman–Crippen LogP) is 3.60. The smallest absolute Gasteiger partial charge is 0.338 e. The third-order valence-electron chi connectivity index (χ3n) is 4.10. The number of carbonyl (C=O) groups is 1. The first-order valence-electron chi connectivity index (χ1n) is 8.86. The molecule has 148 valence electrons. The molecular weight excluding hydrogens is 358 g/mol. The predicted molar refractivity (Wildman–Crippen MR) is 103 cm³/mol. The third kappa shape index (κ3) is 6.92. The van der Waals surface area contributed by atoms with Gasteiger partial charge in [0.2, 0.25) is 5.75 Å². The molecule has 0 bridgehead atoms. The Kier molecular flexibility index (Phi) is 10.9. The van der Waals surface area contributed by atoms with Gasteiger partial charge in [0, 0.05) is 12.4 Å². The summed E-state index contributed by atoms with van der Waals surface area (Å²) in [7, 11) is 4.54. The first-order valence-corrected chi connectivity index (χ1v) is 9.40. The fraction of sp³-hybridized carbons (Fsp3) is 0.632. The highest BCUT2D eigenvalue weighted by Gasteiger charge is 2.18. The highest BCUT2D eigenvalue weighted by atomic mass is 35.5. The normalized spacial score (nSPS) is 10.7. The number of alkyl halides is 1. The molecule has 1 aromatic carbocycles. The van der Waals surface area contributed by atoms with E-state index >= 15 is 0 Å². The van der Waals surface area contributed by atoms with Gasteiger partial charge in [0.05, 0.1) is 26.9 Å². The van der Waals surface area contributed by atoms with Crippen molar-refractivity contribution in [3.8, 4) is 17.2 Å². The number of likely N-dealkylation sites (N-methyl/N-ethyl adjacent to an activating group) is 1. The molecule has 0 spiro atoms. The third-order valence-corrected chi connectivity index (χ3v) is 4.36. The van der Waals surface area contributed by atoms with Gasteiger partial charge in [0.25, 0.3) is 0 Å². The van der Waals surface area contributed by atoms with E-state index in [0.29, 0.717) is 41.8 Å². The molecule has 0 heterocycles. The number of nitrogens with zero attached hydrogens (tertiary/aromatic N) is 1. The summed E-state index contributed by atoms with van der Waals surface area (Å²) in [5.74, 6) is 1.59. The van der Waals surface area contributed by atoms with Crippen LogP contribution in [-0.4, -0.2) is 64.3 Å². The minimum atomic E-state index is -0.414. The van der Waals surface area contributed by atoms with E-state index in [9.17, 15) is 4.79 Å². The van der Waals surface area contributed by atoms with E-state index in [0.717, 1.165) is 32.4 Å². The molecule has 0 aromatic heterocycles. The Hall–Kier alpha value is -1.66.